The molecule has 0 aromatic heterocycles. The Balaban J connectivity index is 2.15. The van der Waals surface area contributed by atoms with Crippen molar-refractivity contribution in [2.45, 2.75) is 393 Å². The van der Waals surface area contributed by atoms with Crippen LogP contribution < -0.4 is 0 Å². The van der Waals surface area contributed by atoms with E-state index in [1.807, 2.05) is 0 Å². The van der Waals surface area contributed by atoms with E-state index in [1.165, 1.54) is 100 Å². The average Bonchev–Trinajstić information content (AvgIpc) is 0.719. The molecule has 6 aromatic carbocycles. The molecule has 100 heavy (non-hydrogen) atoms. The van der Waals surface area contributed by atoms with Gasteiger partial charge in [-0.25, -0.2) is 0 Å². The maximum absolute atomic E-state index is 9.17. The highest BCUT2D eigenvalue weighted by atomic mass is 31.2. The molecule has 0 fully saturated rings. The van der Waals surface area contributed by atoms with Crippen LogP contribution in [0.15, 0.2) is 72.8 Å². The van der Waals surface area contributed by atoms with Crippen LogP contribution in [0.5, 0.6) is 0 Å². The van der Waals surface area contributed by atoms with Crippen LogP contribution in [0, 0.1) is 41.5 Å². The summed E-state index contributed by atoms with van der Waals surface area (Å²) in [5.74, 6) is 0. The van der Waals surface area contributed by atoms with Gasteiger partial charge in [-0.15, -0.1) is 0 Å². The smallest absolute Gasteiger partial charge is 0.296 e. The van der Waals surface area contributed by atoms with Crippen molar-refractivity contribution in [3.63, 3.8) is 0 Å². The maximum atomic E-state index is 9.17. The summed E-state index contributed by atoms with van der Waals surface area (Å²) in [6.45, 7) is 107. The molecule has 0 amide bonds. The van der Waals surface area contributed by atoms with Crippen molar-refractivity contribution < 1.29 is 13.6 Å². The maximum Gasteiger partial charge on any atom is 0.336 e. The molecule has 0 unspecified atom stereocenters. The molecule has 0 aliphatic rings. The fourth-order valence-electron chi connectivity index (χ4n) is 15.8. The van der Waals surface area contributed by atoms with Crippen LogP contribution in [0.25, 0.3) is 0 Å². The molecule has 6 aromatic rings. The Bertz CT molecular complexity index is 3350. The van der Waals surface area contributed by atoms with Crippen LogP contribution >= 0.6 is 8.60 Å². The third kappa shape index (κ3) is 17.4. The third-order valence-corrected chi connectivity index (χ3v) is 23.2. The fourth-order valence-corrected chi connectivity index (χ4v) is 17.4. The van der Waals surface area contributed by atoms with E-state index in [-0.39, 0.29) is 65.0 Å². The minimum absolute atomic E-state index is 0.142. The lowest BCUT2D eigenvalue weighted by molar-refractivity contribution is -0.00373. The molecule has 0 saturated heterocycles. The van der Waals surface area contributed by atoms with Gasteiger partial charge in [0.1, 0.15) is 16.8 Å². The van der Waals surface area contributed by atoms with Gasteiger partial charge in [-0.2, -0.15) is 0 Å². The molecule has 0 aliphatic heterocycles. The number of aryl methyl sites for hydroxylation is 6. The Kier molecular flexibility index (Phi) is 22.7. The van der Waals surface area contributed by atoms with E-state index in [2.05, 4.69) is 384 Å². The zero-order valence-electron chi connectivity index (χ0n) is 73.1. The first kappa shape index (κ1) is 84.6. The zero-order valence-corrected chi connectivity index (χ0v) is 74.0. The van der Waals surface area contributed by atoms with Crippen molar-refractivity contribution in [1.82, 2.24) is 0 Å². The predicted octanol–water partition coefficient (Wildman–Crippen LogP) is 28.6. The molecule has 0 heterocycles. The van der Waals surface area contributed by atoms with Crippen LogP contribution in [0.4, 0.5) is 0 Å². The van der Waals surface area contributed by atoms with Gasteiger partial charge in [0.15, 0.2) is 0 Å². The SMILES string of the molecule is Cc1cc(C(C)(C)C)cc(C(C)(C)C)c1C(C)(OP(OC(C)(c1c(C)cc(C(C)(C)C)cc1C(C)(C)C)c1c(C)cc(C(C)(C)C)cc1C(C)(C)C)OC(C)(c1c(C)cc(C(C)(C)C)cc1C(C)(C)C)c1c(C)cc(C(C)(C)C)cc1C(C)(C)C)c1c(C)cc(C(C)(C)C)cc1C(C)(C)C. The van der Waals surface area contributed by atoms with E-state index in [4.69, 9.17) is 13.6 Å². The van der Waals surface area contributed by atoms with Gasteiger partial charge in [-0.1, -0.05) is 322 Å². The Labute approximate surface area is 618 Å². The summed E-state index contributed by atoms with van der Waals surface area (Å²) in [7, 11) is -2.61. The highest BCUT2D eigenvalue weighted by Gasteiger charge is 2.53. The molecule has 3 nitrogen and oxygen atoms in total. The van der Waals surface area contributed by atoms with Crippen LogP contribution in [-0.4, -0.2) is 0 Å². The first-order chi connectivity index (χ1) is 44.2. The Morgan fingerprint density at radius 2 is 0.280 bits per heavy atom. The summed E-state index contributed by atoms with van der Waals surface area (Å²) < 4.78 is 27.5. The van der Waals surface area contributed by atoms with Crippen LogP contribution in [0.2, 0.25) is 0 Å². The monoisotopic (exact) mass is 1380 g/mol. The molecule has 0 aliphatic carbocycles. The van der Waals surface area contributed by atoms with E-state index in [1.54, 1.807) is 0 Å². The van der Waals surface area contributed by atoms with Crippen molar-refractivity contribution in [1.29, 1.82) is 0 Å². The van der Waals surface area contributed by atoms with E-state index in [0.29, 0.717) is 0 Å². The summed E-state index contributed by atoms with van der Waals surface area (Å²) >= 11 is 0. The first-order valence-electron chi connectivity index (χ1n) is 38.1. The van der Waals surface area contributed by atoms with Gasteiger partial charge in [0, 0.05) is 0 Å². The lowest BCUT2D eigenvalue weighted by Gasteiger charge is -2.48. The quantitative estimate of drug-likeness (QED) is 0.114. The molecule has 0 bridgehead atoms. The largest absolute Gasteiger partial charge is 0.336 e. The highest BCUT2D eigenvalue weighted by molar-refractivity contribution is 7.41. The number of benzene rings is 6. The van der Waals surface area contributed by atoms with E-state index >= 15 is 0 Å². The van der Waals surface area contributed by atoms with Crippen molar-refractivity contribution in [2.75, 3.05) is 0 Å². The fraction of sp³-hybridized carbons (Fsp3) is 0.625. The van der Waals surface area contributed by atoms with Crippen molar-refractivity contribution in [2.24, 2.45) is 0 Å². The molecular weight excluding hydrogens is 1230 g/mol. The van der Waals surface area contributed by atoms with Crippen molar-refractivity contribution in [3.8, 4) is 0 Å². The molecule has 0 N–H and O–H groups in total. The van der Waals surface area contributed by atoms with E-state index in [9.17, 15) is 0 Å². The predicted molar refractivity (Wildman–Crippen MR) is 441 cm³/mol. The van der Waals surface area contributed by atoms with Gasteiger partial charge >= 0.3 is 8.60 Å². The lowest BCUT2D eigenvalue weighted by Crippen LogP contribution is -2.41. The first-order valence-corrected chi connectivity index (χ1v) is 39.2. The van der Waals surface area contributed by atoms with E-state index < -0.39 is 25.4 Å². The summed E-state index contributed by atoms with van der Waals surface area (Å²) in [6, 6.07) is 30.0. The van der Waals surface area contributed by atoms with Gasteiger partial charge < -0.3 is 0 Å². The molecule has 0 radical (unpaired) electrons. The third-order valence-electron chi connectivity index (χ3n) is 21.7. The Hall–Kier alpha value is -4.37. The summed E-state index contributed by atoms with van der Waals surface area (Å²) in [5.41, 5.74) is 22.6. The Morgan fingerprint density at radius 1 is 0.170 bits per heavy atom. The standard InChI is InChI=1S/C96H147O3P/c1-58-46-64(82(7,8)9)52-70(88(25,26)27)76(58)94(43,77-59(2)47-65(83(10,11)12)53-71(77)89(28,29)30)97-100(98-95(44,78-60(3)48-66(84(13,14)15)54-72(78)90(31,32)33)79-61(4)49-67(85(16,17)18)55-73(79)91(34,35)36)99-96(45,80-62(5)50-68(86(19,20)21)56-74(80)92(37,38)39)81-63(6)51-69(87(22,23)24)57-75(81)93(40,41)42/h46-57H,1-45H3. The van der Waals surface area contributed by atoms with Crippen LogP contribution in [0.3, 0.4) is 0 Å². The second kappa shape index (κ2) is 26.9. The van der Waals surface area contributed by atoms with Crippen LogP contribution in [-0.2, 0) is 95.4 Å². The number of rotatable bonds is 12. The van der Waals surface area contributed by atoms with E-state index in [0.717, 1.165) is 33.4 Å². The van der Waals surface area contributed by atoms with Crippen LogP contribution in [0.1, 0.15) is 404 Å². The zero-order chi connectivity index (χ0) is 77.5. The number of hydrogen-bond donors (Lipinski definition) is 0. The van der Waals surface area contributed by atoms with Gasteiger partial charge in [0.25, 0.3) is 0 Å². The van der Waals surface area contributed by atoms with Gasteiger partial charge in [0.2, 0.25) is 0 Å². The molecular formula is C96H147O3P. The minimum atomic E-state index is -2.61. The lowest BCUT2D eigenvalue weighted by atomic mass is 9.67. The molecule has 0 saturated carbocycles. The Morgan fingerprint density at radius 3 is 0.370 bits per heavy atom. The van der Waals surface area contributed by atoms with Gasteiger partial charge in [0.05, 0.1) is 0 Å². The highest BCUT2D eigenvalue weighted by Crippen LogP contribution is 2.65. The second-order valence-corrected chi connectivity index (χ2v) is 44.9. The molecule has 6 rings (SSSR count). The average molecular weight is 1380 g/mol. The minimum Gasteiger partial charge on any atom is -0.296 e. The topological polar surface area (TPSA) is 27.7 Å². The summed E-state index contributed by atoms with van der Waals surface area (Å²) in [5, 5.41) is 0. The summed E-state index contributed by atoms with van der Waals surface area (Å²) in [4.78, 5) is 0. The number of hydrogen-bond acceptors (Lipinski definition) is 3. The summed E-state index contributed by atoms with van der Waals surface area (Å²) in [6.07, 6.45) is 0. The normalized spacial score (nSPS) is 14.5. The van der Waals surface area contributed by atoms with Gasteiger partial charge in [-0.05, 0) is 261 Å². The van der Waals surface area contributed by atoms with Crippen molar-refractivity contribution >= 4 is 8.60 Å². The van der Waals surface area contributed by atoms with Gasteiger partial charge in [-0.3, -0.25) is 13.6 Å². The molecule has 0 atom stereocenters. The second-order valence-electron chi connectivity index (χ2n) is 43.9. The molecule has 4 heteroatoms. The molecule has 0 spiro atoms. The molecule has 554 valence electrons. The van der Waals surface area contributed by atoms with Crippen molar-refractivity contribution in [3.05, 3.63) is 206 Å².